The third-order valence-electron chi connectivity index (χ3n) is 6.36. The van der Waals surface area contributed by atoms with Gasteiger partial charge in [-0.05, 0) is 54.5 Å². The minimum absolute atomic E-state index is 0.0288. The lowest BCUT2D eigenvalue weighted by molar-refractivity contribution is 0.578. The minimum Gasteiger partial charge on any atom is -0.313 e. The van der Waals surface area contributed by atoms with Crippen molar-refractivity contribution in [3.05, 3.63) is 126 Å². The fourth-order valence-corrected chi connectivity index (χ4v) is 12.8. The van der Waals surface area contributed by atoms with Gasteiger partial charge in [0.05, 0.1) is 16.5 Å². The van der Waals surface area contributed by atoms with Crippen molar-refractivity contribution in [1.82, 2.24) is 0 Å². The van der Waals surface area contributed by atoms with Gasteiger partial charge in [-0.3, -0.25) is 0 Å². The van der Waals surface area contributed by atoms with Crippen LogP contribution in [0.2, 0.25) is 0 Å². The fourth-order valence-electron chi connectivity index (χ4n) is 4.33. The number of hydrogen-bond acceptors (Lipinski definition) is 2. The molecule has 0 aliphatic carbocycles. The van der Waals surface area contributed by atoms with Gasteiger partial charge in [-0.25, -0.2) is 8.78 Å². The lowest BCUT2D eigenvalue weighted by Gasteiger charge is -2.29. The molecule has 2 nitrogen and oxygen atoms in total. The van der Waals surface area contributed by atoms with Gasteiger partial charge in [-0.1, -0.05) is 79.4 Å². The summed E-state index contributed by atoms with van der Waals surface area (Å²) in [4.78, 5) is 0. The Labute approximate surface area is 204 Å². The Balaban J connectivity index is 2.07. The van der Waals surface area contributed by atoms with Gasteiger partial charge in [0.25, 0.3) is 0 Å². The second-order valence-corrected chi connectivity index (χ2v) is 14.5. The molecule has 0 spiro atoms. The van der Waals surface area contributed by atoms with Crippen molar-refractivity contribution in [2.24, 2.45) is 0 Å². The monoisotopic (exact) mass is 506 g/mol. The number of fused-ring (bicyclic) bond motifs is 1. The lowest BCUT2D eigenvalue weighted by Crippen LogP contribution is -2.25. The summed E-state index contributed by atoms with van der Waals surface area (Å²) in [5, 5.41) is 2.02. The topological polar surface area (TPSA) is 34.1 Å². The molecule has 4 rings (SSSR count). The summed E-state index contributed by atoms with van der Waals surface area (Å²) >= 11 is 0. The van der Waals surface area contributed by atoms with E-state index in [9.17, 15) is 4.57 Å². The smallest absolute Gasteiger partial charge is 0.154 e. The van der Waals surface area contributed by atoms with E-state index in [-0.39, 0.29) is 15.9 Å². The summed E-state index contributed by atoms with van der Waals surface area (Å²) in [5.41, 5.74) is 0.606. The zero-order valence-corrected chi connectivity index (χ0v) is 21.4. The molecule has 0 fully saturated rings. The average Bonchev–Trinajstić information content (AvgIpc) is 2.87. The number of hydrogen-bond donors (Lipinski definition) is 0. The van der Waals surface area contributed by atoms with Gasteiger partial charge in [0.1, 0.15) is 11.6 Å². The Hall–Kier alpha value is -3.06. The highest BCUT2D eigenvalue weighted by atomic mass is 31.2. The molecule has 4 aromatic rings. The SMILES string of the molecule is C=C(/C(C)=C/C)P(=O)(CP(=O)(c1ccccc1F)c1cccc2ccccc12)c1ccccc1F. The Kier molecular flexibility index (Phi) is 7.08. The van der Waals surface area contributed by atoms with E-state index in [1.165, 1.54) is 36.4 Å². The normalized spacial score (nSPS) is 15.4. The first-order chi connectivity index (χ1) is 16.7. The van der Waals surface area contributed by atoms with Crippen molar-refractivity contribution in [2.75, 3.05) is 5.90 Å². The van der Waals surface area contributed by atoms with Crippen LogP contribution in [0, 0.1) is 11.6 Å². The van der Waals surface area contributed by atoms with E-state index in [0.29, 0.717) is 16.3 Å². The summed E-state index contributed by atoms with van der Waals surface area (Å²) < 4.78 is 60.5. The molecule has 0 radical (unpaired) electrons. The number of benzene rings is 4. The van der Waals surface area contributed by atoms with Crippen LogP contribution in [0.1, 0.15) is 13.8 Å². The summed E-state index contributed by atoms with van der Waals surface area (Å²) in [6, 6.07) is 24.3. The Morgan fingerprint density at radius 1 is 0.771 bits per heavy atom. The van der Waals surface area contributed by atoms with Gasteiger partial charge in [0.2, 0.25) is 0 Å². The van der Waals surface area contributed by atoms with Crippen LogP contribution < -0.4 is 15.9 Å². The van der Waals surface area contributed by atoms with Crippen molar-refractivity contribution in [3.63, 3.8) is 0 Å². The third-order valence-corrected chi connectivity index (χ3v) is 14.2. The van der Waals surface area contributed by atoms with Crippen LogP contribution in [0.25, 0.3) is 10.8 Å². The quantitative estimate of drug-likeness (QED) is 0.192. The second kappa shape index (κ2) is 9.90. The summed E-state index contributed by atoms with van der Waals surface area (Å²) in [6.45, 7) is 7.57. The van der Waals surface area contributed by atoms with E-state index in [1.54, 1.807) is 44.2 Å². The molecular formula is C29H26F2O2P2. The van der Waals surface area contributed by atoms with Crippen LogP contribution in [0.15, 0.2) is 115 Å². The summed E-state index contributed by atoms with van der Waals surface area (Å²) in [7, 11) is -7.80. The van der Waals surface area contributed by atoms with Gasteiger partial charge in [0.15, 0.2) is 14.3 Å². The predicted octanol–water partition coefficient (Wildman–Crippen LogP) is 7.56. The van der Waals surface area contributed by atoms with Gasteiger partial charge >= 0.3 is 0 Å². The van der Waals surface area contributed by atoms with Crippen molar-refractivity contribution in [3.8, 4) is 0 Å². The first kappa shape index (κ1) is 25.0. The molecule has 0 amide bonds. The van der Waals surface area contributed by atoms with Crippen LogP contribution in [0.3, 0.4) is 0 Å². The molecule has 0 saturated heterocycles. The maximum Gasteiger partial charge on any atom is 0.154 e. The molecule has 2 unspecified atom stereocenters. The van der Waals surface area contributed by atoms with E-state index >= 15 is 13.3 Å². The highest BCUT2D eigenvalue weighted by molar-refractivity contribution is 7.93. The molecule has 0 bridgehead atoms. The van der Waals surface area contributed by atoms with E-state index in [1.807, 2.05) is 30.3 Å². The lowest BCUT2D eigenvalue weighted by atomic mass is 10.1. The molecule has 0 aliphatic heterocycles. The standard InChI is InChI=1S/C29H26F2O2P2/c1-4-21(2)22(3)34(32,28-17-9-7-15-25(28)30)20-35(33,29-18-10-8-16-26(29)31)27-19-11-13-23-12-5-6-14-24(23)27/h4-19H,3,20H2,1-2H3/b21-4+. The molecule has 0 N–H and O–H groups in total. The molecule has 0 aromatic heterocycles. The van der Waals surface area contributed by atoms with Crippen molar-refractivity contribution in [1.29, 1.82) is 0 Å². The van der Waals surface area contributed by atoms with Crippen molar-refractivity contribution in [2.45, 2.75) is 13.8 Å². The highest BCUT2D eigenvalue weighted by Gasteiger charge is 2.43. The predicted molar refractivity (Wildman–Crippen MR) is 144 cm³/mol. The summed E-state index contributed by atoms with van der Waals surface area (Å²) in [5.74, 6) is -1.78. The van der Waals surface area contributed by atoms with Crippen molar-refractivity contribution >= 4 is 41.0 Å². The number of halogens is 2. The van der Waals surface area contributed by atoms with Gasteiger partial charge < -0.3 is 9.13 Å². The minimum atomic E-state index is -3.91. The van der Waals surface area contributed by atoms with E-state index in [4.69, 9.17) is 0 Å². The van der Waals surface area contributed by atoms with Crippen LogP contribution >= 0.6 is 14.3 Å². The molecule has 2 atom stereocenters. The molecular weight excluding hydrogens is 480 g/mol. The fraction of sp³-hybridized carbons (Fsp3) is 0.103. The molecule has 0 aliphatic rings. The summed E-state index contributed by atoms with van der Waals surface area (Å²) in [6.07, 6.45) is 1.74. The van der Waals surface area contributed by atoms with Crippen LogP contribution in [-0.2, 0) is 9.13 Å². The molecule has 6 heteroatoms. The molecule has 0 saturated carbocycles. The molecule has 178 valence electrons. The largest absolute Gasteiger partial charge is 0.313 e. The Morgan fingerprint density at radius 2 is 1.29 bits per heavy atom. The molecule has 4 aromatic carbocycles. The third kappa shape index (κ3) is 4.49. The average molecular weight is 506 g/mol. The van der Waals surface area contributed by atoms with Crippen molar-refractivity contribution < 1.29 is 17.9 Å². The van der Waals surface area contributed by atoms with Gasteiger partial charge in [0, 0.05) is 10.6 Å². The first-order valence-corrected chi connectivity index (χ1v) is 15.0. The van der Waals surface area contributed by atoms with Crippen LogP contribution in [0.4, 0.5) is 8.78 Å². The van der Waals surface area contributed by atoms with E-state index in [2.05, 4.69) is 6.58 Å². The zero-order valence-electron chi connectivity index (χ0n) is 19.6. The maximum atomic E-state index is 15.3. The second-order valence-electron chi connectivity index (χ2n) is 8.44. The number of rotatable bonds is 7. The first-order valence-electron chi connectivity index (χ1n) is 11.2. The molecule has 0 heterocycles. The Morgan fingerprint density at radius 3 is 1.91 bits per heavy atom. The maximum absolute atomic E-state index is 15.3. The number of allylic oxidation sites excluding steroid dienone is 3. The van der Waals surface area contributed by atoms with Crippen LogP contribution in [0.5, 0.6) is 0 Å². The van der Waals surface area contributed by atoms with Crippen LogP contribution in [-0.4, -0.2) is 5.90 Å². The zero-order chi connectivity index (χ0) is 25.2. The highest BCUT2D eigenvalue weighted by Crippen LogP contribution is 2.65. The van der Waals surface area contributed by atoms with Gasteiger partial charge in [-0.15, -0.1) is 0 Å². The molecule has 35 heavy (non-hydrogen) atoms. The Bertz CT molecular complexity index is 1550. The van der Waals surface area contributed by atoms with Gasteiger partial charge in [-0.2, -0.15) is 0 Å². The van der Waals surface area contributed by atoms with E-state index in [0.717, 1.165) is 5.39 Å². The van der Waals surface area contributed by atoms with E-state index < -0.39 is 31.8 Å².